The van der Waals surface area contributed by atoms with Gasteiger partial charge in [-0.1, -0.05) is 115 Å². The van der Waals surface area contributed by atoms with E-state index in [1.807, 2.05) is 24.3 Å². The minimum Gasteiger partial charge on any atom is -0.309 e. The predicted molar refractivity (Wildman–Crippen MR) is 200 cm³/mol. The van der Waals surface area contributed by atoms with Crippen molar-refractivity contribution in [1.82, 2.24) is 19.1 Å². The van der Waals surface area contributed by atoms with E-state index in [2.05, 4.69) is 143 Å². The molecule has 0 atom stereocenters. The molecule has 0 spiro atoms. The molecule has 8 aromatic carbocycles. The van der Waals surface area contributed by atoms with Gasteiger partial charge in [-0.15, -0.1) is 0 Å². The zero-order chi connectivity index (χ0) is 31.3. The van der Waals surface area contributed by atoms with Crippen LogP contribution < -0.4 is 0 Å². The number of rotatable bonds is 3. The van der Waals surface area contributed by atoms with E-state index in [0.717, 1.165) is 44.8 Å². The summed E-state index contributed by atoms with van der Waals surface area (Å²) in [5.41, 5.74) is 9.53. The van der Waals surface area contributed by atoms with E-state index >= 15 is 0 Å². The number of aromatic nitrogens is 4. The summed E-state index contributed by atoms with van der Waals surface area (Å²) in [4.78, 5) is 10.6. The molecule has 4 nitrogen and oxygen atoms in total. The molecule has 0 amide bonds. The van der Waals surface area contributed by atoms with Gasteiger partial charge < -0.3 is 4.57 Å². The molecule has 0 fully saturated rings. The third-order valence-electron chi connectivity index (χ3n) is 10.0. The minimum atomic E-state index is 0.837. The predicted octanol–water partition coefficient (Wildman–Crippen LogP) is 11.2. The van der Waals surface area contributed by atoms with Crippen molar-refractivity contribution in [3.63, 3.8) is 0 Å². The summed E-state index contributed by atoms with van der Waals surface area (Å²) in [5.74, 6) is 0.837. The van der Waals surface area contributed by atoms with Gasteiger partial charge in [0.25, 0.3) is 0 Å². The van der Waals surface area contributed by atoms with Crippen LogP contribution in [0.3, 0.4) is 0 Å². The molecule has 11 rings (SSSR count). The van der Waals surface area contributed by atoms with Crippen LogP contribution in [-0.4, -0.2) is 19.1 Å². The maximum absolute atomic E-state index is 5.35. The summed E-state index contributed by atoms with van der Waals surface area (Å²) in [7, 11) is 0. The molecule has 0 saturated heterocycles. The normalized spacial score (nSPS) is 12.2. The smallest absolute Gasteiger partial charge is 0.165 e. The van der Waals surface area contributed by atoms with Crippen LogP contribution >= 0.6 is 0 Å². The van der Waals surface area contributed by atoms with Crippen LogP contribution in [0.15, 0.2) is 158 Å². The quantitative estimate of drug-likeness (QED) is 0.187. The van der Waals surface area contributed by atoms with Crippen molar-refractivity contribution in [1.29, 1.82) is 0 Å². The second kappa shape index (κ2) is 9.50. The number of benzene rings is 8. The summed E-state index contributed by atoms with van der Waals surface area (Å²) in [6, 6.07) is 56.2. The number of fused-ring (bicyclic) bond motifs is 8. The lowest BCUT2D eigenvalue weighted by Crippen LogP contribution is -2.03. The highest BCUT2D eigenvalue weighted by Gasteiger charge is 2.25. The van der Waals surface area contributed by atoms with E-state index in [1.165, 1.54) is 54.1 Å². The largest absolute Gasteiger partial charge is 0.309 e. The van der Waals surface area contributed by atoms with Gasteiger partial charge in [0.2, 0.25) is 0 Å². The number of para-hydroxylation sites is 4. The first kappa shape index (κ1) is 25.6. The molecular weight excluding hydrogens is 585 g/mol. The van der Waals surface area contributed by atoms with Crippen molar-refractivity contribution in [2.75, 3.05) is 0 Å². The first-order chi connectivity index (χ1) is 23.8. The first-order valence-electron chi connectivity index (χ1n) is 16.4. The van der Waals surface area contributed by atoms with Crippen LogP contribution in [0, 0.1) is 0 Å². The van der Waals surface area contributed by atoms with Gasteiger partial charge in [-0.3, -0.25) is 4.57 Å². The van der Waals surface area contributed by atoms with Gasteiger partial charge in [0.1, 0.15) is 5.69 Å². The molecule has 48 heavy (non-hydrogen) atoms. The van der Waals surface area contributed by atoms with Crippen LogP contribution in [0.1, 0.15) is 0 Å². The molecule has 0 radical (unpaired) electrons. The number of nitrogens with zero attached hydrogens (tertiary/aromatic N) is 4. The lowest BCUT2D eigenvalue weighted by atomic mass is 9.93. The molecule has 0 N–H and O–H groups in total. The summed E-state index contributed by atoms with van der Waals surface area (Å²) in [6.45, 7) is 0. The molecule has 0 unspecified atom stereocenters. The molecule has 4 heteroatoms. The lowest BCUT2D eigenvalue weighted by Gasteiger charge is -2.13. The average Bonchev–Trinajstić information content (AvgIpc) is 3.68. The van der Waals surface area contributed by atoms with Crippen molar-refractivity contribution >= 4 is 76.2 Å². The van der Waals surface area contributed by atoms with E-state index in [0.29, 0.717) is 0 Å². The number of hydrogen-bond acceptors (Lipinski definition) is 2. The van der Waals surface area contributed by atoms with Crippen LogP contribution in [0.25, 0.3) is 99.0 Å². The molecule has 222 valence electrons. The maximum atomic E-state index is 5.35. The fraction of sp³-hybridized carbons (Fsp3) is 0. The Labute approximate surface area is 275 Å². The minimum absolute atomic E-state index is 0.837. The lowest BCUT2D eigenvalue weighted by molar-refractivity contribution is 1.08. The Balaban J connectivity index is 1.36. The Hall–Kier alpha value is -6.52. The van der Waals surface area contributed by atoms with Gasteiger partial charge >= 0.3 is 0 Å². The van der Waals surface area contributed by atoms with Crippen LogP contribution in [0.4, 0.5) is 0 Å². The molecule has 0 aliphatic carbocycles. The third kappa shape index (κ3) is 3.33. The summed E-state index contributed by atoms with van der Waals surface area (Å²) >= 11 is 0. The zero-order valence-electron chi connectivity index (χ0n) is 25.8. The van der Waals surface area contributed by atoms with E-state index in [9.17, 15) is 0 Å². The second-order valence-corrected chi connectivity index (χ2v) is 12.6. The van der Waals surface area contributed by atoms with Gasteiger partial charge in [0, 0.05) is 38.2 Å². The average molecular weight is 611 g/mol. The van der Waals surface area contributed by atoms with Gasteiger partial charge in [-0.05, 0) is 58.6 Å². The monoisotopic (exact) mass is 610 g/mol. The molecule has 0 aliphatic heterocycles. The van der Waals surface area contributed by atoms with Crippen molar-refractivity contribution in [2.45, 2.75) is 0 Å². The molecule has 0 bridgehead atoms. The van der Waals surface area contributed by atoms with E-state index < -0.39 is 0 Å². The Morgan fingerprint density at radius 2 is 0.917 bits per heavy atom. The Bertz CT molecular complexity index is 3040. The van der Waals surface area contributed by atoms with Crippen molar-refractivity contribution in [3.05, 3.63) is 158 Å². The van der Waals surface area contributed by atoms with Gasteiger partial charge in [0.15, 0.2) is 5.82 Å². The van der Waals surface area contributed by atoms with Crippen molar-refractivity contribution in [3.8, 4) is 22.8 Å². The molecule has 3 aromatic heterocycles. The topological polar surface area (TPSA) is 35.6 Å². The van der Waals surface area contributed by atoms with Crippen LogP contribution in [-0.2, 0) is 0 Å². The maximum Gasteiger partial charge on any atom is 0.165 e. The Morgan fingerprint density at radius 3 is 1.71 bits per heavy atom. The number of hydrogen-bond donors (Lipinski definition) is 0. The molecule has 0 aliphatic rings. The highest BCUT2D eigenvalue weighted by Crippen LogP contribution is 2.47. The highest BCUT2D eigenvalue weighted by molar-refractivity contribution is 6.39. The standard InChI is InChI=1S/C44H26N4/c1-3-13-27(14-4-1)42-44(46-35-21-9-8-20-34(35)45-42)48-37-23-11-18-30-31-25-26-32-29-17-7-10-22-36(29)47(28-15-5-2-6-16-28)43(32)39(31)33-19-12-24-38(48)41(33)40(30)37/h1-26H. The fourth-order valence-electron chi connectivity index (χ4n) is 8.11. The van der Waals surface area contributed by atoms with Crippen molar-refractivity contribution in [2.24, 2.45) is 0 Å². The Morgan fingerprint density at radius 1 is 0.354 bits per heavy atom. The highest BCUT2D eigenvalue weighted by atomic mass is 15.1. The van der Waals surface area contributed by atoms with Gasteiger partial charge in [-0.2, -0.15) is 0 Å². The summed E-state index contributed by atoms with van der Waals surface area (Å²) < 4.78 is 4.79. The van der Waals surface area contributed by atoms with Crippen LogP contribution in [0.5, 0.6) is 0 Å². The van der Waals surface area contributed by atoms with Crippen LogP contribution in [0.2, 0.25) is 0 Å². The molecule has 0 saturated carbocycles. The van der Waals surface area contributed by atoms with E-state index in [4.69, 9.17) is 9.97 Å². The molecule has 3 heterocycles. The fourth-order valence-corrected chi connectivity index (χ4v) is 8.11. The molecular formula is C44H26N4. The van der Waals surface area contributed by atoms with Crippen molar-refractivity contribution < 1.29 is 0 Å². The molecule has 11 aromatic rings. The second-order valence-electron chi connectivity index (χ2n) is 12.6. The van der Waals surface area contributed by atoms with E-state index in [-0.39, 0.29) is 0 Å². The van der Waals surface area contributed by atoms with Gasteiger partial charge in [0.05, 0.1) is 33.1 Å². The summed E-state index contributed by atoms with van der Waals surface area (Å²) in [6.07, 6.45) is 0. The van der Waals surface area contributed by atoms with E-state index in [1.54, 1.807) is 0 Å². The summed E-state index contributed by atoms with van der Waals surface area (Å²) in [5, 5.41) is 10.0. The third-order valence-corrected chi connectivity index (χ3v) is 10.0. The first-order valence-corrected chi connectivity index (χ1v) is 16.4. The van der Waals surface area contributed by atoms with Gasteiger partial charge in [-0.25, -0.2) is 9.97 Å². The Kier molecular flexibility index (Phi) is 5.08. The SMILES string of the molecule is c1ccc(-c2nc3ccccc3nc2-n2c3cccc4c5ccc6c7ccccc7n(-c7ccccc7)c6c5c5cccc2c5c43)cc1. The zero-order valence-corrected chi connectivity index (χ0v) is 25.8.